The topological polar surface area (TPSA) is 86.1 Å². The summed E-state index contributed by atoms with van der Waals surface area (Å²) in [5.74, 6) is 2.07. The van der Waals surface area contributed by atoms with Gasteiger partial charge in [0.25, 0.3) is 5.91 Å². The molecule has 9 heteroatoms. The summed E-state index contributed by atoms with van der Waals surface area (Å²) in [4.78, 5) is 22.3. The Labute approximate surface area is 219 Å². The lowest BCUT2D eigenvalue weighted by Crippen LogP contribution is -2.28. The largest absolute Gasteiger partial charge is 0.497 e. The lowest BCUT2D eigenvalue weighted by Gasteiger charge is -2.23. The molecule has 0 radical (unpaired) electrons. The SMILES string of the molecule is COc1ccc(C2=NN(C(=O)CSc3ncnc4ccccc34)[C@@H](c3ccc(OC)c(OC)c3)C2)cc1. The highest BCUT2D eigenvalue weighted by atomic mass is 32.2. The Morgan fingerprint density at radius 1 is 0.946 bits per heavy atom. The molecule has 1 aliphatic rings. The van der Waals surface area contributed by atoms with Crippen molar-refractivity contribution in [1.82, 2.24) is 15.0 Å². The van der Waals surface area contributed by atoms with Gasteiger partial charge in [0.05, 0.1) is 44.4 Å². The van der Waals surface area contributed by atoms with E-state index in [2.05, 4.69) is 9.97 Å². The summed E-state index contributed by atoms with van der Waals surface area (Å²) in [6.45, 7) is 0. The first kappa shape index (κ1) is 24.6. The standard InChI is InChI=1S/C28H26N4O4S/c1-34-20-11-8-18(9-12-20)23-15-24(19-10-13-25(35-2)26(14-19)36-3)32(31-23)27(33)16-37-28-21-6-4-5-7-22(21)29-17-30-28/h4-14,17,24H,15-16H2,1-3H3/t24-/m1/s1. The molecule has 1 aliphatic heterocycles. The molecular weight excluding hydrogens is 488 g/mol. The van der Waals surface area contributed by atoms with Gasteiger partial charge in [-0.05, 0) is 53.6 Å². The Bertz CT molecular complexity index is 1450. The molecule has 0 fully saturated rings. The number of carbonyl (C=O) groups excluding carboxylic acids is 1. The number of fused-ring (bicyclic) bond motifs is 1. The van der Waals surface area contributed by atoms with Crippen LogP contribution in [0.3, 0.4) is 0 Å². The van der Waals surface area contributed by atoms with Crippen molar-refractivity contribution in [2.75, 3.05) is 27.1 Å². The van der Waals surface area contributed by atoms with Crippen LogP contribution in [0.5, 0.6) is 17.2 Å². The van der Waals surface area contributed by atoms with Gasteiger partial charge >= 0.3 is 0 Å². The van der Waals surface area contributed by atoms with Crippen LogP contribution < -0.4 is 14.2 Å². The molecule has 8 nitrogen and oxygen atoms in total. The fraction of sp³-hybridized carbons (Fsp3) is 0.214. The first-order valence-corrected chi connectivity index (χ1v) is 12.7. The fourth-order valence-corrected chi connectivity index (χ4v) is 5.15. The highest BCUT2D eigenvalue weighted by Gasteiger charge is 2.33. The van der Waals surface area contributed by atoms with Crippen molar-refractivity contribution in [3.63, 3.8) is 0 Å². The summed E-state index contributed by atoms with van der Waals surface area (Å²) in [5.41, 5.74) is 3.52. The number of para-hydroxylation sites is 1. The van der Waals surface area contributed by atoms with Crippen LogP contribution in [0.25, 0.3) is 10.9 Å². The van der Waals surface area contributed by atoms with Gasteiger partial charge < -0.3 is 14.2 Å². The predicted molar refractivity (Wildman–Crippen MR) is 144 cm³/mol. The van der Waals surface area contributed by atoms with Crippen molar-refractivity contribution in [3.8, 4) is 17.2 Å². The van der Waals surface area contributed by atoms with E-state index in [-0.39, 0.29) is 17.7 Å². The van der Waals surface area contributed by atoms with E-state index in [1.54, 1.807) is 26.3 Å². The Kier molecular flexibility index (Phi) is 7.23. The molecule has 1 aromatic heterocycles. The number of methoxy groups -OCH3 is 3. The monoisotopic (exact) mass is 514 g/mol. The van der Waals surface area contributed by atoms with Crippen LogP contribution in [-0.4, -0.2) is 53.7 Å². The Balaban J connectivity index is 1.44. The number of aromatic nitrogens is 2. The molecule has 5 rings (SSSR count). The van der Waals surface area contributed by atoms with E-state index in [1.807, 2.05) is 66.7 Å². The zero-order valence-electron chi connectivity index (χ0n) is 20.7. The number of nitrogens with zero attached hydrogens (tertiary/aromatic N) is 4. The van der Waals surface area contributed by atoms with Gasteiger partial charge in [-0.2, -0.15) is 5.10 Å². The highest BCUT2D eigenvalue weighted by Crippen LogP contribution is 2.38. The number of hydrogen-bond donors (Lipinski definition) is 0. The number of hydrogen-bond acceptors (Lipinski definition) is 8. The minimum Gasteiger partial charge on any atom is -0.497 e. The van der Waals surface area contributed by atoms with Gasteiger partial charge in [-0.1, -0.05) is 36.0 Å². The maximum absolute atomic E-state index is 13.6. The summed E-state index contributed by atoms with van der Waals surface area (Å²) < 4.78 is 16.2. The molecule has 4 aromatic rings. The molecule has 0 saturated carbocycles. The third kappa shape index (κ3) is 5.08. The summed E-state index contributed by atoms with van der Waals surface area (Å²) in [6, 6.07) is 20.9. The fourth-order valence-electron chi connectivity index (χ4n) is 4.31. The van der Waals surface area contributed by atoms with E-state index >= 15 is 0 Å². The molecular formula is C28H26N4O4S. The molecule has 1 atom stereocenters. The van der Waals surface area contributed by atoms with Gasteiger partial charge in [0.1, 0.15) is 17.1 Å². The summed E-state index contributed by atoms with van der Waals surface area (Å²) in [7, 11) is 4.83. The average molecular weight is 515 g/mol. The quantitative estimate of drug-likeness (QED) is 0.238. The molecule has 0 saturated heterocycles. The van der Waals surface area contributed by atoms with Gasteiger partial charge in [0, 0.05) is 11.8 Å². The van der Waals surface area contributed by atoms with E-state index in [9.17, 15) is 4.79 Å². The molecule has 0 aliphatic carbocycles. The number of amides is 1. The third-order valence-corrected chi connectivity index (χ3v) is 7.21. The summed E-state index contributed by atoms with van der Waals surface area (Å²) in [5, 5.41) is 8.05. The second-order valence-corrected chi connectivity index (χ2v) is 9.30. The maximum atomic E-state index is 13.6. The molecule has 188 valence electrons. The van der Waals surface area contributed by atoms with Crippen LogP contribution in [-0.2, 0) is 4.79 Å². The van der Waals surface area contributed by atoms with Crippen LogP contribution in [0.1, 0.15) is 23.6 Å². The van der Waals surface area contributed by atoms with Gasteiger partial charge in [-0.25, -0.2) is 15.0 Å². The number of hydrazone groups is 1. The van der Waals surface area contributed by atoms with Crippen molar-refractivity contribution in [3.05, 3.63) is 84.2 Å². The van der Waals surface area contributed by atoms with Crippen molar-refractivity contribution < 1.29 is 19.0 Å². The lowest BCUT2D eigenvalue weighted by atomic mass is 9.98. The number of ether oxygens (including phenoxy) is 3. The molecule has 3 aromatic carbocycles. The van der Waals surface area contributed by atoms with E-state index in [0.717, 1.165) is 38.5 Å². The number of benzene rings is 3. The molecule has 0 N–H and O–H groups in total. The maximum Gasteiger partial charge on any atom is 0.253 e. The molecule has 2 heterocycles. The van der Waals surface area contributed by atoms with E-state index in [0.29, 0.717) is 17.9 Å². The first-order chi connectivity index (χ1) is 18.1. The summed E-state index contributed by atoms with van der Waals surface area (Å²) >= 11 is 1.38. The second-order valence-electron chi connectivity index (χ2n) is 8.33. The zero-order chi connectivity index (χ0) is 25.8. The van der Waals surface area contributed by atoms with Gasteiger partial charge in [-0.15, -0.1) is 0 Å². The second kappa shape index (κ2) is 10.9. The minimum atomic E-state index is -0.285. The highest BCUT2D eigenvalue weighted by molar-refractivity contribution is 8.00. The number of thioether (sulfide) groups is 1. The van der Waals surface area contributed by atoms with Crippen molar-refractivity contribution >= 4 is 34.3 Å². The predicted octanol–water partition coefficient (Wildman–Crippen LogP) is 5.13. The van der Waals surface area contributed by atoms with Crippen molar-refractivity contribution in [2.24, 2.45) is 5.10 Å². The minimum absolute atomic E-state index is 0.115. The van der Waals surface area contributed by atoms with Crippen molar-refractivity contribution in [1.29, 1.82) is 0 Å². The normalized spacial score (nSPS) is 14.9. The lowest BCUT2D eigenvalue weighted by molar-refractivity contribution is -0.130. The Morgan fingerprint density at radius 3 is 2.49 bits per heavy atom. The van der Waals surface area contributed by atoms with E-state index in [1.165, 1.54) is 18.1 Å². The Hall–Kier alpha value is -4.11. The zero-order valence-corrected chi connectivity index (χ0v) is 21.6. The number of rotatable bonds is 8. The molecule has 0 spiro atoms. The van der Waals surface area contributed by atoms with Gasteiger partial charge in [0.2, 0.25) is 0 Å². The van der Waals surface area contributed by atoms with Crippen LogP contribution >= 0.6 is 11.8 Å². The van der Waals surface area contributed by atoms with Gasteiger partial charge in [-0.3, -0.25) is 4.79 Å². The van der Waals surface area contributed by atoms with Crippen LogP contribution in [0.2, 0.25) is 0 Å². The molecule has 0 unspecified atom stereocenters. The molecule has 0 bridgehead atoms. The molecule has 1 amide bonds. The van der Waals surface area contributed by atoms with E-state index in [4.69, 9.17) is 19.3 Å². The third-order valence-electron chi connectivity index (χ3n) is 6.22. The smallest absolute Gasteiger partial charge is 0.253 e. The number of carbonyl (C=O) groups is 1. The van der Waals surface area contributed by atoms with Crippen LogP contribution in [0, 0.1) is 0 Å². The van der Waals surface area contributed by atoms with Crippen LogP contribution in [0.15, 0.2) is 83.2 Å². The van der Waals surface area contributed by atoms with Gasteiger partial charge in [0.15, 0.2) is 11.5 Å². The van der Waals surface area contributed by atoms with Crippen molar-refractivity contribution in [2.45, 2.75) is 17.5 Å². The first-order valence-electron chi connectivity index (χ1n) is 11.7. The Morgan fingerprint density at radius 2 is 1.73 bits per heavy atom. The molecule has 37 heavy (non-hydrogen) atoms. The van der Waals surface area contributed by atoms with E-state index < -0.39 is 0 Å². The summed E-state index contributed by atoms with van der Waals surface area (Å²) in [6.07, 6.45) is 2.09. The van der Waals surface area contributed by atoms with Crippen LogP contribution in [0.4, 0.5) is 0 Å². The average Bonchev–Trinajstić information content (AvgIpc) is 3.41.